The Balaban J connectivity index is -0.000000372. The van der Waals surface area contributed by atoms with Gasteiger partial charge in [-0.25, -0.2) is 0 Å². The standard InChI is InChI=1S/2C9H18N2O.Co/c2*1-7(2)8(12)6-11(10)9(3,4)5;/h2*6-7H,1-5H3,(H-,10,12);/q;;+2. The number of hydrogen-bond donors (Lipinski definition) is 2. The summed E-state index contributed by atoms with van der Waals surface area (Å²) in [4.78, 5) is 0. The van der Waals surface area contributed by atoms with Crippen LogP contribution >= 0.6 is 0 Å². The second-order valence-corrected chi connectivity index (χ2v) is 8.45. The molecule has 25 heavy (non-hydrogen) atoms. The van der Waals surface area contributed by atoms with Crippen LogP contribution in [-0.2, 0) is 16.8 Å². The third-order valence-corrected chi connectivity index (χ3v) is 3.10. The molecule has 0 saturated heterocycles. The predicted octanol–water partition coefficient (Wildman–Crippen LogP) is 3.37. The molecule has 0 bridgehead atoms. The summed E-state index contributed by atoms with van der Waals surface area (Å²) in [6.45, 7) is 18.7. The van der Waals surface area contributed by atoms with Crippen LogP contribution in [-0.4, -0.2) is 20.5 Å². The van der Waals surface area contributed by atoms with E-state index in [1.807, 2.05) is 69.2 Å². The molecule has 0 aromatic carbocycles. The van der Waals surface area contributed by atoms with E-state index in [4.69, 9.17) is 11.1 Å². The summed E-state index contributed by atoms with van der Waals surface area (Å²) in [5, 5.41) is 22.4. The van der Waals surface area contributed by atoms with Gasteiger partial charge in [0.25, 0.3) is 0 Å². The zero-order chi connectivity index (χ0) is 19.9. The predicted molar refractivity (Wildman–Crippen MR) is 91.3 cm³/mol. The minimum Gasteiger partial charge on any atom is -0.871 e. The molecule has 0 aliphatic carbocycles. The Morgan fingerprint density at radius 1 is 0.720 bits per heavy atom. The van der Waals surface area contributed by atoms with Gasteiger partial charge in [-0.05, 0) is 11.8 Å². The van der Waals surface area contributed by atoms with E-state index in [9.17, 15) is 10.2 Å². The van der Waals surface area contributed by atoms with Gasteiger partial charge in [0.2, 0.25) is 0 Å². The normalized spacial score (nSPS) is 13.1. The van der Waals surface area contributed by atoms with Gasteiger partial charge in [0, 0.05) is 41.5 Å². The molecule has 0 amide bonds. The first-order valence-corrected chi connectivity index (χ1v) is 8.28. The van der Waals surface area contributed by atoms with Crippen LogP contribution in [0.5, 0.6) is 0 Å². The summed E-state index contributed by atoms with van der Waals surface area (Å²) in [5.74, 6) is -0.0553. The molecular formula is C18H36CoN4O2+2. The fraction of sp³-hybridized carbons (Fsp3) is 0.778. The summed E-state index contributed by atoms with van der Waals surface area (Å²) in [5.41, 5.74) is 14.4. The van der Waals surface area contributed by atoms with Gasteiger partial charge in [-0.2, -0.15) is 0 Å². The third kappa shape index (κ3) is 13.7. The number of rotatable bonds is 4. The molecule has 0 spiro atoms. The Kier molecular flexibility index (Phi) is 13.0. The Bertz CT molecular complexity index is 450. The van der Waals surface area contributed by atoms with Crippen LogP contribution in [0.1, 0.15) is 69.2 Å². The van der Waals surface area contributed by atoms with Gasteiger partial charge in [-0.1, -0.05) is 59.7 Å². The topological polar surface area (TPSA) is 99.8 Å². The fourth-order valence-corrected chi connectivity index (χ4v) is 0.940. The van der Waals surface area contributed by atoms with Crippen molar-refractivity contribution < 1.29 is 36.4 Å². The summed E-state index contributed by atoms with van der Waals surface area (Å²) in [6.07, 6.45) is 2.70. The van der Waals surface area contributed by atoms with Crippen LogP contribution in [0, 0.1) is 22.9 Å². The molecule has 0 aliphatic heterocycles. The van der Waals surface area contributed by atoms with Gasteiger partial charge in [-0.15, -0.1) is 0 Å². The van der Waals surface area contributed by atoms with Gasteiger partial charge in [-0.3, -0.25) is 0 Å². The van der Waals surface area contributed by atoms with Gasteiger partial charge in [0.1, 0.15) is 0 Å². The van der Waals surface area contributed by atoms with Crippen LogP contribution < -0.4 is 10.2 Å². The van der Waals surface area contributed by atoms with Crippen molar-refractivity contribution in [2.75, 3.05) is 0 Å². The minimum absolute atomic E-state index is 0. The Morgan fingerprint density at radius 3 is 1.04 bits per heavy atom. The molecule has 0 aromatic rings. The number of hydrogen-bond acceptors (Lipinski definition) is 4. The molecule has 147 valence electrons. The van der Waals surface area contributed by atoms with E-state index in [2.05, 4.69) is 0 Å². The van der Waals surface area contributed by atoms with E-state index in [-0.39, 0.29) is 51.2 Å². The number of allylic oxidation sites excluding steroid dienone is 2. The Labute approximate surface area is 163 Å². The van der Waals surface area contributed by atoms with Crippen molar-refractivity contribution in [3.63, 3.8) is 0 Å². The smallest absolute Gasteiger partial charge is 0.871 e. The molecule has 7 heteroatoms. The second kappa shape index (κ2) is 11.4. The van der Waals surface area contributed by atoms with Gasteiger partial charge in [0.05, 0.1) is 0 Å². The number of nitrogens with zero attached hydrogens (tertiary/aromatic N) is 2. The average molecular weight is 399 g/mol. The third-order valence-electron chi connectivity index (χ3n) is 3.10. The quantitative estimate of drug-likeness (QED) is 0.430. The monoisotopic (exact) mass is 399 g/mol. The van der Waals surface area contributed by atoms with Crippen molar-refractivity contribution in [1.82, 2.24) is 0 Å². The first-order valence-electron chi connectivity index (χ1n) is 8.28. The zero-order valence-corrected chi connectivity index (χ0v) is 18.4. The Morgan fingerprint density at radius 2 is 0.920 bits per heavy atom. The second-order valence-electron chi connectivity index (χ2n) is 8.45. The van der Waals surface area contributed by atoms with E-state index in [1.54, 1.807) is 0 Å². The number of nitrogens with one attached hydrogen (secondary N) is 2. The first-order chi connectivity index (χ1) is 10.5. The van der Waals surface area contributed by atoms with Crippen molar-refractivity contribution in [3.05, 3.63) is 23.9 Å². The van der Waals surface area contributed by atoms with Crippen LogP contribution in [0.4, 0.5) is 0 Å². The molecule has 0 saturated carbocycles. The van der Waals surface area contributed by atoms with Gasteiger partial charge in [0.15, 0.2) is 23.5 Å². The first kappa shape index (κ1) is 28.6. The van der Waals surface area contributed by atoms with Gasteiger partial charge < -0.3 is 10.2 Å². The molecular weight excluding hydrogens is 363 g/mol. The summed E-state index contributed by atoms with van der Waals surface area (Å²) < 4.78 is 2.41. The molecule has 0 atom stereocenters. The van der Waals surface area contributed by atoms with Crippen molar-refractivity contribution in [3.8, 4) is 0 Å². The SMILES string of the molecule is CC(C)C([O-])=C[N+](=N)C(C)(C)C.CC(C)C([O-])=C[N+](=N)C(C)(C)C.[Co+2]. The van der Waals surface area contributed by atoms with Crippen molar-refractivity contribution in [2.45, 2.75) is 80.3 Å². The average Bonchev–Trinajstić information content (AvgIpc) is 2.36. The van der Waals surface area contributed by atoms with E-state index >= 15 is 0 Å². The van der Waals surface area contributed by atoms with Crippen molar-refractivity contribution >= 4 is 0 Å². The minimum atomic E-state index is -0.301. The summed E-state index contributed by atoms with van der Waals surface area (Å²) in [6, 6.07) is 0. The van der Waals surface area contributed by atoms with Crippen molar-refractivity contribution in [2.24, 2.45) is 11.8 Å². The molecule has 1 radical (unpaired) electrons. The van der Waals surface area contributed by atoms with Crippen LogP contribution in [0.3, 0.4) is 0 Å². The molecule has 0 fully saturated rings. The zero-order valence-electron chi connectivity index (χ0n) is 17.4. The summed E-state index contributed by atoms with van der Waals surface area (Å²) >= 11 is 0. The van der Waals surface area contributed by atoms with E-state index in [0.717, 1.165) is 0 Å². The van der Waals surface area contributed by atoms with Crippen LogP contribution in [0.15, 0.2) is 23.9 Å². The molecule has 6 nitrogen and oxygen atoms in total. The maximum absolute atomic E-state index is 11.2. The Hall–Kier alpha value is -1.21. The summed E-state index contributed by atoms with van der Waals surface area (Å²) in [7, 11) is 0. The van der Waals surface area contributed by atoms with Crippen molar-refractivity contribution in [1.29, 1.82) is 11.1 Å². The maximum atomic E-state index is 11.2. The molecule has 2 N–H and O–H groups in total. The van der Waals surface area contributed by atoms with E-state index < -0.39 is 0 Å². The molecule has 0 unspecified atom stereocenters. The molecule has 0 heterocycles. The van der Waals surface area contributed by atoms with Gasteiger partial charge >= 0.3 is 16.8 Å². The molecule has 0 aromatic heterocycles. The largest absolute Gasteiger partial charge is 2.00 e. The fourth-order valence-electron chi connectivity index (χ4n) is 0.940. The van der Waals surface area contributed by atoms with E-state index in [0.29, 0.717) is 0 Å². The van der Waals surface area contributed by atoms with Crippen LogP contribution in [0.2, 0.25) is 0 Å². The molecule has 0 aliphatic rings. The van der Waals surface area contributed by atoms with E-state index in [1.165, 1.54) is 21.8 Å². The van der Waals surface area contributed by atoms with Crippen LogP contribution in [0.25, 0.3) is 0 Å². The molecule has 0 rings (SSSR count). The maximum Gasteiger partial charge on any atom is 2.00 e.